The van der Waals surface area contributed by atoms with Gasteiger partial charge in [0.15, 0.2) is 0 Å². The zero-order valence-electron chi connectivity index (χ0n) is 11.0. The minimum atomic E-state index is -0.570. The highest BCUT2D eigenvalue weighted by Gasteiger charge is 2.39. The van der Waals surface area contributed by atoms with Gasteiger partial charge in [-0.2, -0.15) is 0 Å². The van der Waals surface area contributed by atoms with Gasteiger partial charge in [0.2, 0.25) is 5.91 Å². The van der Waals surface area contributed by atoms with Gasteiger partial charge in [-0.1, -0.05) is 36.8 Å². The largest absolute Gasteiger partial charge is 0.354 e. The topological polar surface area (TPSA) is 29.1 Å². The molecule has 2 saturated carbocycles. The quantitative estimate of drug-likeness (QED) is 0.839. The Kier molecular flexibility index (Phi) is 3.79. The molecule has 2 nitrogen and oxygen atoms in total. The summed E-state index contributed by atoms with van der Waals surface area (Å²) in [6.45, 7) is 0.802. The van der Waals surface area contributed by atoms with E-state index in [-0.39, 0.29) is 5.91 Å². The monoisotopic (exact) mass is 277 g/mol. The van der Waals surface area contributed by atoms with E-state index < -0.39 is 5.38 Å². The number of fused-ring (bicyclic) bond motifs is 2. The molecule has 1 amide bonds. The van der Waals surface area contributed by atoms with E-state index in [0.29, 0.717) is 5.92 Å². The van der Waals surface area contributed by atoms with Gasteiger partial charge < -0.3 is 5.32 Å². The predicted octanol–water partition coefficient (Wildman–Crippen LogP) is 3.52. The molecule has 1 aromatic rings. The zero-order valence-corrected chi connectivity index (χ0v) is 11.8. The van der Waals surface area contributed by atoms with Crippen molar-refractivity contribution < 1.29 is 4.79 Å². The van der Waals surface area contributed by atoms with E-state index in [2.05, 4.69) is 5.32 Å². The van der Waals surface area contributed by atoms with Crippen molar-refractivity contribution in [3.63, 3.8) is 0 Å². The Balaban J connectivity index is 1.51. The predicted molar refractivity (Wildman–Crippen MR) is 77.0 cm³/mol. The van der Waals surface area contributed by atoms with Crippen LogP contribution in [0.4, 0.5) is 0 Å². The average Bonchev–Trinajstić information content (AvgIpc) is 3.07. The lowest BCUT2D eigenvalue weighted by atomic mass is 9.89. The fourth-order valence-corrected chi connectivity index (χ4v) is 3.94. The number of hydrogen-bond acceptors (Lipinski definition) is 1. The van der Waals surface area contributed by atoms with Crippen molar-refractivity contribution in [1.29, 1.82) is 0 Å². The van der Waals surface area contributed by atoms with Crippen LogP contribution in [0.2, 0.25) is 0 Å². The third-order valence-corrected chi connectivity index (χ3v) is 5.20. The molecule has 0 saturated heterocycles. The summed E-state index contributed by atoms with van der Waals surface area (Å²) in [6.07, 6.45) is 5.43. The standard InChI is InChI=1S/C16H20ClNO/c17-15(12-4-2-1-3-5-12)16(19)18-10-14-9-11-6-7-13(14)8-11/h1-5,11,13-15H,6-10H2,(H,18,19)/t11-,13-,14+,15-/m1/s1. The zero-order chi connectivity index (χ0) is 13.2. The molecule has 2 aliphatic rings. The van der Waals surface area contributed by atoms with Gasteiger partial charge in [0, 0.05) is 6.54 Å². The molecule has 4 atom stereocenters. The van der Waals surface area contributed by atoms with Crippen LogP contribution in [0.1, 0.15) is 36.6 Å². The maximum atomic E-state index is 12.1. The summed E-state index contributed by atoms with van der Waals surface area (Å²) in [5.74, 6) is 2.39. The molecule has 2 aliphatic carbocycles. The van der Waals surface area contributed by atoms with Gasteiger partial charge >= 0.3 is 0 Å². The highest BCUT2D eigenvalue weighted by Crippen LogP contribution is 2.47. The van der Waals surface area contributed by atoms with E-state index in [1.54, 1.807) is 0 Å². The Morgan fingerprint density at radius 1 is 1.26 bits per heavy atom. The average molecular weight is 278 g/mol. The molecule has 0 heterocycles. The SMILES string of the molecule is O=C(NC[C@@H]1C[C@@H]2CC[C@@H]1C2)[C@H](Cl)c1ccccc1. The highest BCUT2D eigenvalue weighted by atomic mass is 35.5. The third kappa shape index (κ3) is 2.79. The number of alkyl halides is 1. The maximum Gasteiger partial charge on any atom is 0.242 e. The van der Waals surface area contributed by atoms with Crippen LogP contribution in [0, 0.1) is 17.8 Å². The second-order valence-corrected chi connectivity index (χ2v) is 6.39. The fraction of sp³-hybridized carbons (Fsp3) is 0.562. The van der Waals surface area contributed by atoms with E-state index in [4.69, 9.17) is 11.6 Å². The number of rotatable bonds is 4. The number of carbonyl (C=O) groups excluding carboxylic acids is 1. The first kappa shape index (κ1) is 13.0. The lowest BCUT2D eigenvalue weighted by Crippen LogP contribution is -2.33. The molecular formula is C16H20ClNO. The van der Waals surface area contributed by atoms with Crippen LogP contribution < -0.4 is 5.32 Å². The number of hydrogen-bond donors (Lipinski definition) is 1. The summed E-state index contributed by atoms with van der Waals surface area (Å²) >= 11 is 6.21. The summed E-state index contributed by atoms with van der Waals surface area (Å²) in [5, 5.41) is 2.47. The normalized spacial score (nSPS) is 30.3. The Bertz CT molecular complexity index is 447. The molecule has 19 heavy (non-hydrogen) atoms. The van der Waals surface area contributed by atoms with E-state index >= 15 is 0 Å². The Hall–Kier alpha value is -1.02. The van der Waals surface area contributed by atoms with Crippen LogP contribution in [0.5, 0.6) is 0 Å². The van der Waals surface area contributed by atoms with Gasteiger partial charge in [-0.15, -0.1) is 11.6 Å². The minimum Gasteiger partial charge on any atom is -0.354 e. The van der Waals surface area contributed by atoms with Crippen molar-refractivity contribution in [3.05, 3.63) is 35.9 Å². The Labute approximate surface area is 119 Å². The summed E-state index contributed by atoms with van der Waals surface area (Å²) in [7, 11) is 0. The highest BCUT2D eigenvalue weighted by molar-refractivity contribution is 6.30. The van der Waals surface area contributed by atoms with E-state index in [0.717, 1.165) is 23.9 Å². The van der Waals surface area contributed by atoms with Crippen molar-refractivity contribution >= 4 is 17.5 Å². The van der Waals surface area contributed by atoms with E-state index in [1.807, 2.05) is 30.3 Å². The lowest BCUT2D eigenvalue weighted by molar-refractivity contribution is -0.121. The number of nitrogens with one attached hydrogen (secondary N) is 1. The van der Waals surface area contributed by atoms with Gasteiger partial charge in [-0.05, 0) is 42.6 Å². The molecule has 0 aromatic heterocycles. The molecule has 0 aliphatic heterocycles. The van der Waals surface area contributed by atoms with Gasteiger partial charge in [0.1, 0.15) is 5.38 Å². The second-order valence-electron chi connectivity index (χ2n) is 5.95. The lowest BCUT2D eigenvalue weighted by Gasteiger charge is -2.22. The van der Waals surface area contributed by atoms with Crippen molar-refractivity contribution in [2.24, 2.45) is 17.8 Å². The Morgan fingerprint density at radius 3 is 2.68 bits per heavy atom. The molecule has 102 valence electrons. The summed E-state index contributed by atoms with van der Waals surface area (Å²) in [6, 6.07) is 9.55. The third-order valence-electron chi connectivity index (χ3n) is 4.75. The molecule has 0 radical (unpaired) electrons. The van der Waals surface area contributed by atoms with Gasteiger partial charge in [-0.25, -0.2) is 0 Å². The summed E-state index contributed by atoms with van der Waals surface area (Å²) in [4.78, 5) is 12.1. The van der Waals surface area contributed by atoms with E-state index in [9.17, 15) is 4.79 Å². The Morgan fingerprint density at radius 2 is 2.05 bits per heavy atom. The first-order valence-corrected chi connectivity index (χ1v) is 7.64. The van der Waals surface area contributed by atoms with Crippen molar-refractivity contribution in [3.8, 4) is 0 Å². The molecule has 3 rings (SSSR count). The van der Waals surface area contributed by atoms with Crippen molar-refractivity contribution in [2.75, 3.05) is 6.54 Å². The smallest absolute Gasteiger partial charge is 0.242 e. The number of carbonyl (C=O) groups is 1. The first-order chi connectivity index (χ1) is 9.24. The van der Waals surface area contributed by atoms with Crippen molar-refractivity contribution in [2.45, 2.75) is 31.1 Å². The maximum absolute atomic E-state index is 12.1. The minimum absolute atomic E-state index is 0.0596. The van der Waals surface area contributed by atoms with E-state index in [1.165, 1.54) is 25.7 Å². The van der Waals surface area contributed by atoms with Crippen LogP contribution in [0.3, 0.4) is 0 Å². The van der Waals surface area contributed by atoms with Gasteiger partial charge in [0.25, 0.3) is 0 Å². The number of amides is 1. The summed E-state index contributed by atoms with van der Waals surface area (Å²) in [5.41, 5.74) is 0.870. The van der Waals surface area contributed by atoms with Crippen LogP contribution in [0.25, 0.3) is 0 Å². The fourth-order valence-electron chi connectivity index (χ4n) is 3.72. The summed E-state index contributed by atoms with van der Waals surface area (Å²) < 4.78 is 0. The van der Waals surface area contributed by atoms with Gasteiger partial charge in [0.05, 0.1) is 0 Å². The molecule has 0 spiro atoms. The second kappa shape index (κ2) is 5.54. The van der Waals surface area contributed by atoms with Crippen LogP contribution >= 0.6 is 11.6 Å². The molecule has 3 heteroatoms. The first-order valence-electron chi connectivity index (χ1n) is 7.21. The van der Waals surface area contributed by atoms with Gasteiger partial charge in [-0.3, -0.25) is 4.79 Å². The molecule has 2 bridgehead atoms. The molecule has 2 fully saturated rings. The van der Waals surface area contributed by atoms with Crippen LogP contribution in [0.15, 0.2) is 30.3 Å². The molecular weight excluding hydrogens is 258 g/mol. The van der Waals surface area contributed by atoms with Crippen molar-refractivity contribution in [1.82, 2.24) is 5.32 Å². The number of halogens is 1. The molecule has 1 N–H and O–H groups in total. The molecule has 1 aromatic carbocycles. The molecule has 0 unspecified atom stereocenters. The van der Waals surface area contributed by atoms with Crippen LogP contribution in [-0.4, -0.2) is 12.5 Å². The number of benzene rings is 1. The van der Waals surface area contributed by atoms with Crippen LogP contribution in [-0.2, 0) is 4.79 Å².